The smallest absolute Gasteiger partial charge is 0.253 e. The van der Waals surface area contributed by atoms with Gasteiger partial charge < -0.3 is 19.4 Å². The number of carbonyl (C=O) groups is 1. The monoisotopic (exact) mass is 551 g/mol. The number of thioether (sulfide) groups is 1. The minimum atomic E-state index is 0.0753. The summed E-state index contributed by atoms with van der Waals surface area (Å²) in [5.41, 5.74) is 2.93. The van der Waals surface area contributed by atoms with Crippen LogP contribution in [0.1, 0.15) is 42.1 Å². The van der Waals surface area contributed by atoms with Crippen LogP contribution in [0.5, 0.6) is 5.75 Å². The third-order valence-electron chi connectivity index (χ3n) is 6.98. The summed E-state index contributed by atoms with van der Waals surface area (Å²) in [5, 5.41) is 1.16. The molecule has 0 radical (unpaired) electrons. The number of carbonyl (C=O) groups excluding carboxylic acids is 1. The molecule has 7 nitrogen and oxygen atoms in total. The van der Waals surface area contributed by atoms with Gasteiger partial charge in [0.1, 0.15) is 16.7 Å². The van der Waals surface area contributed by atoms with Crippen LogP contribution in [0.4, 0.5) is 11.5 Å². The van der Waals surface area contributed by atoms with Gasteiger partial charge in [0.05, 0.1) is 12.3 Å². The van der Waals surface area contributed by atoms with Gasteiger partial charge in [-0.05, 0) is 56.0 Å². The van der Waals surface area contributed by atoms with Crippen molar-refractivity contribution < 1.29 is 9.53 Å². The molecule has 0 saturated carbocycles. The number of hydrogen-bond acceptors (Lipinski definition) is 7. The number of aromatic nitrogens is 2. The molecule has 2 aliphatic heterocycles. The van der Waals surface area contributed by atoms with E-state index in [1.807, 2.05) is 60.4 Å². The molecule has 2 aromatic carbocycles. The van der Waals surface area contributed by atoms with Crippen molar-refractivity contribution in [3.63, 3.8) is 0 Å². The average molecular weight is 552 g/mol. The summed E-state index contributed by atoms with van der Waals surface area (Å²) in [4.78, 5) is 28.8. The topological polar surface area (TPSA) is 61.8 Å². The van der Waals surface area contributed by atoms with Crippen LogP contribution < -0.4 is 14.5 Å². The first-order valence-corrected chi connectivity index (χ1v) is 14.7. The van der Waals surface area contributed by atoms with E-state index in [-0.39, 0.29) is 5.91 Å². The number of piperidine rings is 1. The molecule has 1 aromatic heterocycles. The molecule has 200 valence electrons. The van der Waals surface area contributed by atoms with E-state index < -0.39 is 0 Å². The highest BCUT2D eigenvalue weighted by atomic mass is 35.5. The quantitative estimate of drug-likeness (QED) is 0.200. The molecule has 2 fully saturated rings. The zero-order valence-corrected chi connectivity index (χ0v) is 23.4. The van der Waals surface area contributed by atoms with E-state index in [0.29, 0.717) is 41.3 Å². The molecule has 0 unspecified atom stereocenters. The van der Waals surface area contributed by atoms with E-state index in [1.54, 1.807) is 11.8 Å². The van der Waals surface area contributed by atoms with Crippen LogP contribution in [-0.4, -0.2) is 66.7 Å². The molecule has 3 aromatic rings. The van der Waals surface area contributed by atoms with Gasteiger partial charge in [-0.15, -0.1) is 0 Å². The first-order valence-electron chi connectivity index (χ1n) is 13.4. The van der Waals surface area contributed by atoms with Crippen molar-refractivity contribution in [3.05, 3.63) is 70.9 Å². The first kappa shape index (κ1) is 26.6. The summed E-state index contributed by atoms with van der Waals surface area (Å²) >= 11 is 7.87. The number of halogens is 1. The number of hydrogen-bond donors (Lipinski definition) is 0. The van der Waals surface area contributed by atoms with Crippen LogP contribution >= 0.6 is 23.4 Å². The van der Waals surface area contributed by atoms with Gasteiger partial charge in [0.2, 0.25) is 0 Å². The molecule has 2 aliphatic rings. The van der Waals surface area contributed by atoms with E-state index in [1.165, 1.54) is 19.3 Å². The van der Waals surface area contributed by atoms with Crippen molar-refractivity contribution in [1.29, 1.82) is 0 Å². The molecule has 3 heterocycles. The van der Waals surface area contributed by atoms with Gasteiger partial charge in [-0.2, -0.15) is 0 Å². The van der Waals surface area contributed by atoms with Gasteiger partial charge in [0.15, 0.2) is 5.16 Å². The van der Waals surface area contributed by atoms with Crippen LogP contribution in [0, 0.1) is 0 Å². The van der Waals surface area contributed by atoms with Crippen LogP contribution in [0.15, 0.2) is 59.8 Å². The molecule has 2 saturated heterocycles. The Morgan fingerprint density at radius 1 is 0.921 bits per heavy atom. The first-order chi connectivity index (χ1) is 18.6. The number of ether oxygens (including phenoxy) is 1. The lowest BCUT2D eigenvalue weighted by molar-refractivity contribution is 0.0746. The standard InChI is InChI=1S/C29H34ClN5O2S/c1-2-37-25-9-5-4-8-24(25)33-16-18-35(19-17-33)28(36)23-12-10-22(11-13-23)21-38-29-31-26(30)20-27(32-29)34-14-6-3-7-15-34/h4-5,8-13,20H,2-3,6-7,14-19,21H2,1H3. The van der Waals surface area contributed by atoms with Gasteiger partial charge in [-0.1, -0.05) is 47.6 Å². The van der Waals surface area contributed by atoms with E-state index in [2.05, 4.69) is 20.9 Å². The summed E-state index contributed by atoms with van der Waals surface area (Å²) in [5.74, 6) is 2.60. The molecule has 0 N–H and O–H groups in total. The summed E-state index contributed by atoms with van der Waals surface area (Å²) in [6.07, 6.45) is 3.65. The van der Waals surface area contributed by atoms with Gasteiger partial charge in [-0.25, -0.2) is 9.97 Å². The maximum absolute atomic E-state index is 13.2. The normalized spacial score (nSPS) is 16.0. The minimum absolute atomic E-state index is 0.0753. The van der Waals surface area contributed by atoms with Crippen molar-refractivity contribution in [2.24, 2.45) is 0 Å². The molecule has 9 heteroatoms. The fraction of sp³-hybridized carbons (Fsp3) is 0.414. The van der Waals surface area contributed by atoms with Gasteiger partial charge in [0, 0.05) is 56.7 Å². The zero-order valence-electron chi connectivity index (χ0n) is 21.8. The lowest BCUT2D eigenvalue weighted by atomic mass is 10.1. The third-order valence-corrected chi connectivity index (χ3v) is 8.09. The van der Waals surface area contributed by atoms with Crippen molar-refractivity contribution in [1.82, 2.24) is 14.9 Å². The second kappa shape index (κ2) is 12.7. The van der Waals surface area contributed by atoms with Gasteiger partial charge >= 0.3 is 0 Å². The summed E-state index contributed by atoms with van der Waals surface area (Å²) < 4.78 is 5.79. The number of amides is 1. The molecular weight excluding hydrogens is 518 g/mol. The van der Waals surface area contributed by atoms with Crippen molar-refractivity contribution >= 4 is 40.8 Å². The highest BCUT2D eigenvalue weighted by molar-refractivity contribution is 7.98. The van der Waals surface area contributed by atoms with E-state index in [4.69, 9.17) is 21.3 Å². The van der Waals surface area contributed by atoms with Crippen LogP contribution in [0.25, 0.3) is 0 Å². The number of anilines is 2. The molecule has 0 atom stereocenters. The lowest BCUT2D eigenvalue weighted by Gasteiger charge is -2.36. The van der Waals surface area contributed by atoms with E-state index in [0.717, 1.165) is 49.0 Å². The number of nitrogens with zero attached hydrogens (tertiary/aromatic N) is 5. The fourth-order valence-electron chi connectivity index (χ4n) is 4.96. The van der Waals surface area contributed by atoms with Crippen LogP contribution in [-0.2, 0) is 5.75 Å². The largest absolute Gasteiger partial charge is 0.492 e. The molecule has 38 heavy (non-hydrogen) atoms. The highest BCUT2D eigenvalue weighted by Crippen LogP contribution is 2.29. The summed E-state index contributed by atoms with van der Waals surface area (Å²) in [6.45, 7) is 7.59. The van der Waals surface area contributed by atoms with Crippen LogP contribution in [0.2, 0.25) is 5.15 Å². The van der Waals surface area contributed by atoms with Gasteiger partial charge in [-0.3, -0.25) is 4.79 Å². The Hall–Kier alpha value is -2.97. The molecule has 0 bridgehead atoms. The highest BCUT2D eigenvalue weighted by Gasteiger charge is 2.24. The number of piperazine rings is 1. The van der Waals surface area contributed by atoms with Crippen molar-refractivity contribution in [3.8, 4) is 5.75 Å². The maximum Gasteiger partial charge on any atom is 0.253 e. The van der Waals surface area contributed by atoms with E-state index >= 15 is 0 Å². The van der Waals surface area contributed by atoms with Gasteiger partial charge in [0.25, 0.3) is 5.91 Å². The zero-order chi connectivity index (χ0) is 26.3. The molecule has 0 aliphatic carbocycles. The predicted octanol–water partition coefficient (Wildman–Crippen LogP) is 5.77. The van der Waals surface area contributed by atoms with Crippen molar-refractivity contribution in [2.75, 3.05) is 55.7 Å². The second-order valence-corrected chi connectivity index (χ2v) is 10.9. The Labute approximate surface area is 234 Å². The lowest BCUT2D eigenvalue weighted by Crippen LogP contribution is -2.48. The van der Waals surface area contributed by atoms with E-state index in [9.17, 15) is 4.79 Å². The Morgan fingerprint density at radius 2 is 1.66 bits per heavy atom. The molecular formula is C29H34ClN5O2S. The fourth-order valence-corrected chi connectivity index (χ4v) is 5.99. The second-order valence-electron chi connectivity index (χ2n) is 9.54. The SMILES string of the molecule is CCOc1ccccc1N1CCN(C(=O)c2ccc(CSc3nc(Cl)cc(N4CCCCC4)n3)cc2)CC1. The number of rotatable bonds is 8. The number of benzene rings is 2. The molecule has 0 spiro atoms. The van der Waals surface area contributed by atoms with Crippen LogP contribution in [0.3, 0.4) is 0 Å². The Bertz CT molecular complexity index is 1230. The Morgan fingerprint density at radius 3 is 2.39 bits per heavy atom. The van der Waals surface area contributed by atoms with Crippen molar-refractivity contribution in [2.45, 2.75) is 37.1 Å². The summed E-state index contributed by atoms with van der Waals surface area (Å²) in [7, 11) is 0. The third kappa shape index (κ3) is 6.53. The molecule has 1 amide bonds. The average Bonchev–Trinajstić information content (AvgIpc) is 2.97. The summed E-state index contributed by atoms with van der Waals surface area (Å²) in [6, 6.07) is 17.8. The molecule has 5 rings (SSSR count). The Balaban J connectivity index is 1.15. The Kier molecular flexibility index (Phi) is 8.91. The maximum atomic E-state index is 13.2. The minimum Gasteiger partial charge on any atom is -0.492 e. The number of para-hydroxylation sites is 2. The predicted molar refractivity (Wildman–Crippen MR) is 155 cm³/mol.